The summed E-state index contributed by atoms with van der Waals surface area (Å²) in [6.45, 7) is 6.98. The van der Waals surface area contributed by atoms with E-state index in [2.05, 4.69) is 10.2 Å². The Labute approximate surface area is 226 Å². The van der Waals surface area contributed by atoms with Gasteiger partial charge in [0.2, 0.25) is 11.8 Å². The van der Waals surface area contributed by atoms with Crippen molar-refractivity contribution in [3.05, 3.63) is 54.6 Å². The van der Waals surface area contributed by atoms with Crippen molar-refractivity contribution in [3.63, 3.8) is 0 Å². The number of hydrogen-bond acceptors (Lipinski definition) is 4. The van der Waals surface area contributed by atoms with Crippen LogP contribution in [0.15, 0.2) is 54.6 Å². The van der Waals surface area contributed by atoms with Crippen molar-refractivity contribution in [2.45, 2.75) is 65.3 Å². The van der Waals surface area contributed by atoms with E-state index in [0.29, 0.717) is 31.8 Å². The highest BCUT2D eigenvalue weighted by atomic mass is 16.2. The lowest BCUT2D eigenvalue weighted by Crippen LogP contribution is -2.54. The number of nitrogens with two attached hydrogens (primary N) is 1. The molecule has 204 valence electrons. The van der Waals surface area contributed by atoms with Crippen molar-refractivity contribution >= 4 is 34.8 Å². The van der Waals surface area contributed by atoms with Gasteiger partial charge in [0, 0.05) is 24.1 Å². The summed E-state index contributed by atoms with van der Waals surface area (Å²) >= 11 is 0. The Bertz CT molecular complexity index is 1120. The molecule has 0 radical (unpaired) electrons. The number of benzene rings is 2. The van der Waals surface area contributed by atoms with Gasteiger partial charge in [-0.05, 0) is 55.4 Å². The molecule has 0 aromatic heterocycles. The second-order valence-electron chi connectivity index (χ2n) is 11.3. The molecule has 1 aliphatic carbocycles. The molecule has 0 bridgehead atoms. The van der Waals surface area contributed by atoms with E-state index in [-0.39, 0.29) is 17.7 Å². The number of amides is 3. The maximum atomic E-state index is 14.1. The van der Waals surface area contributed by atoms with Crippen LogP contribution in [-0.4, -0.2) is 36.9 Å². The van der Waals surface area contributed by atoms with Gasteiger partial charge in [0.25, 0.3) is 5.91 Å². The number of rotatable bonds is 12. The van der Waals surface area contributed by atoms with E-state index < -0.39 is 23.8 Å². The molecule has 0 saturated heterocycles. The Hall–Kier alpha value is -3.35. The van der Waals surface area contributed by atoms with Crippen LogP contribution in [0.2, 0.25) is 0 Å². The summed E-state index contributed by atoms with van der Waals surface area (Å²) in [7, 11) is 0. The molecule has 1 fully saturated rings. The molecule has 7 nitrogen and oxygen atoms in total. The first kappa shape index (κ1) is 27.7. The summed E-state index contributed by atoms with van der Waals surface area (Å²) in [5.74, 6) is -1.10. The summed E-state index contributed by atoms with van der Waals surface area (Å²) in [6, 6.07) is 17.2. The second kappa shape index (κ2) is 12.5. The second-order valence-corrected chi connectivity index (χ2v) is 11.3. The molecule has 3 atom stereocenters. The smallest absolute Gasteiger partial charge is 0.251 e. The Kier molecular flexibility index (Phi) is 9.08. The van der Waals surface area contributed by atoms with Crippen LogP contribution < -0.4 is 20.9 Å². The van der Waals surface area contributed by atoms with Crippen molar-refractivity contribution in [1.29, 1.82) is 0 Å². The van der Waals surface area contributed by atoms with Gasteiger partial charge in [-0.25, -0.2) is 0 Å². The molecule has 7 heteroatoms. The molecule has 1 aliphatic heterocycles. The monoisotopic (exact) mass is 518 g/mol. The van der Waals surface area contributed by atoms with Crippen LogP contribution in [-0.2, 0) is 14.4 Å². The number of carbonyl (C=O) groups excluding carboxylic acids is 3. The van der Waals surface area contributed by atoms with Gasteiger partial charge in [-0.1, -0.05) is 70.4 Å². The van der Waals surface area contributed by atoms with Crippen LogP contribution in [0.1, 0.15) is 59.3 Å². The topological polar surface area (TPSA) is 95.7 Å². The molecule has 1 saturated carbocycles. The van der Waals surface area contributed by atoms with Crippen molar-refractivity contribution in [3.8, 4) is 0 Å². The molecular formula is C31H42N4O3. The highest BCUT2D eigenvalue weighted by molar-refractivity contribution is 6.04. The van der Waals surface area contributed by atoms with Gasteiger partial charge in [0.05, 0.1) is 17.9 Å². The molecule has 2 aromatic rings. The number of nitrogens with zero attached hydrogens (tertiary/aromatic N) is 2. The molecular weight excluding hydrogens is 476 g/mol. The van der Waals surface area contributed by atoms with Gasteiger partial charge in [0.1, 0.15) is 6.04 Å². The summed E-state index contributed by atoms with van der Waals surface area (Å²) in [6.07, 6.45) is 5.21. The molecule has 1 heterocycles. The minimum Gasteiger partial charge on any atom is -0.369 e. The maximum absolute atomic E-state index is 14.1. The molecule has 0 spiro atoms. The molecule has 3 amide bonds. The number of fused-ring (bicyclic) bond motifs is 1. The number of para-hydroxylation sites is 3. The Morgan fingerprint density at radius 3 is 2.26 bits per heavy atom. The first-order chi connectivity index (χ1) is 18.3. The summed E-state index contributed by atoms with van der Waals surface area (Å²) in [5.41, 5.74) is 8.53. The number of nitrogens with one attached hydrogen (secondary N) is 1. The van der Waals surface area contributed by atoms with Crippen LogP contribution in [0.3, 0.4) is 0 Å². The summed E-state index contributed by atoms with van der Waals surface area (Å²) in [4.78, 5) is 44.3. The van der Waals surface area contributed by atoms with E-state index in [9.17, 15) is 14.4 Å². The zero-order valence-corrected chi connectivity index (χ0v) is 22.9. The van der Waals surface area contributed by atoms with Gasteiger partial charge >= 0.3 is 0 Å². The zero-order valence-electron chi connectivity index (χ0n) is 22.9. The fourth-order valence-corrected chi connectivity index (χ4v) is 5.59. The van der Waals surface area contributed by atoms with Gasteiger partial charge < -0.3 is 20.9 Å². The van der Waals surface area contributed by atoms with E-state index in [1.807, 2.05) is 80.3 Å². The van der Waals surface area contributed by atoms with E-state index in [0.717, 1.165) is 29.9 Å². The molecule has 1 unspecified atom stereocenters. The summed E-state index contributed by atoms with van der Waals surface area (Å²) < 4.78 is 0. The van der Waals surface area contributed by atoms with Gasteiger partial charge in [-0.2, -0.15) is 0 Å². The fraction of sp³-hybridized carbons (Fsp3) is 0.516. The van der Waals surface area contributed by atoms with E-state index in [4.69, 9.17) is 5.73 Å². The third-order valence-corrected chi connectivity index (χ3v) is 7.75. The number of anilines is 3. The highest BCUT2D eigenvalue weighted by Crippen LogP contribution is 2.39. The predicted octanol–water partition coefficient (Wildman–Crippen LogP) is 5.02. The van der Waals surface area contributed by atoms with Crippen LogP contribution >= 0.6 is 0 Å². The SMILES string of the molecule is CCC[C@H](C(N)=O)[C@@H](CC(C)C)C(=O)NC1CN(c2ccccc2)c2ccccc2N(CCC2CC2)C1=O. The van der Waals surface area contributed by atoms with Gasteiger partial charge in [-0.3, -0.25) is 14.4 Å². The van der Waals surface area contributed by atoms with Gasteiger partial charge in [-0.15, -0.1) is 0 Å². The molecule has 4 rings (SSSR count). The predicted molar refractivity (Wildman–Crippen MR) is 152 cm³/mol. The third-order valence-electron chi connectivity index (χ3n) is 7.75. The van der Waals surface area contributed by atoms with E-state index >= 15 is 0 Å². The standard InChI is InChI=1S/C31H42N4O3/c1-4-10-24(29(32)36)25(19-21(2)3)30(37)33-26-20-35(23-11-6-5-7-12-23)28-14-9-8-13-27(28)34(31(26)38)18-17-22-15-16-22/h5-9,11-14,21-22,24-26H,4,10,15-20H2,1-3H3,(H2,32,36)(H,33,37)/t24-,25+,26?/m0/s1. The van der Waals surface area contributed by atoms with Crippen LogP contribution in [0.25, 0.3) is 0 Å². The third kappa shape index (κ3) is 6.55. The van der Waals surface area contributed by atoms with Crippen LogP contribution in [0.5, 0.6) is 0 Å². The first-order valence-electron chi connectivity index (χ1n) is 14.1. The zero-order chi connectivity index (χ0) is 27.2. The van der Waals surface area contributed by atoms with Crippen LogP contribution in [0, 0.1) is 23.7 Å². The molecule has 2 aromatic carbocycles. The average molecular weight is 519 g/mol. The maximum Gasteiger partial charge on any atom is 0.251 e. The largest absolute Gasteiger partial charge is 0.369 e. The first-order valence-corrected chi connectivity index (χ1v) is 14.1. The Balaban J connectivity index is 1.69. The lowest BCUT2D eigenvalue weighted by Gasteiger charge is -2.30. The minimum absolute atomic E-state index is 0.112. The molecule has 2 aliphatic rings. The minimum atomic E-state index is -0.765. The quantitative estimate of drug-likeness (QED) is 0.412. The van der Waals surface area contributed by atoms with E-state index in [1.165, 1.54) is 12.8 Å². The van der Waals surface area contributed by atoms with Crippen molar-refractivity contribution in [1.82, 2.24) is 5.32 Å². The Morgan fingerprint density at radius 1 is 1.00 bits per heavy atom. The normalized spacial score (nSPS) is 19.1. The molecule has 38 heavy (non-hydrogen) atoms. The van der Waals surface area contributed by atoms with Crippen molar-refractivity contribution in [2.75, 3.05) is 22.9 Å². The number of primary amides is 1. The lowest BCUT2D eigenvalue weighted by atomic mass is 9.81. The van der Waals surface area contributed by atoms with Crippen LogP contribution in [0.4, 0.5) is 17.1 Å². The summed E-state index contributed by atoms with van der Waals surface area (Å²) in [5, 5.41) is 3.10. The Morgan fingerprint density at radius 2 is 1.66 bits per heavy atom. The molecule has 3 N–H and O–H groups in total. The van der Waals surface area contributed by atoms with Gasteiger partial charge in [0.15, 0.2) is 0 Å². The lowest BCUT2D eigenvalue weighted by molar-refractivity contribution is -0.136. The number of hydrogen-bond donors (Lipinski definition) is 2. The average Bonchev–Trinajstić information content (AvgIpc) is 3.74. The fourth-order valence-electron chi connectivity index (χ4n) is 5.59. The van der Waals surface area contributed by atoms with Crippen molar-refractivity contribution < 1.29 is 14.4 Å². The number of carbonyl (C=O) groups is 3. The van der Waals surface area contributed by atoms with Crippen molar-refractivity contribution in [2.24, 2.45) is 29.4 Å². The van der Waals surface area contributed by atoms with E-state index in [1.54, 1.807) is 0 Å². The highest BCUT2D eigenvalue weighted by Gasteiger charge is 2.39.